The van der Waals surface area contributed by atoms with E-state index in [9.17, 15) is 9.18 Å². The molecule has 1 atom stereocenters. The molecule has 0 radical (unpaired) electrons. The Kier molecular flexibility index (Phi) is 6.12. The van der Waals surface area contributed by atoms with Gasteiger partial charge in [-0.3, -0.25) is 4.79 Å². The maximum Gasteiger partial charge on any atom is 0.234 e. The van der Waals surface area contributed by atoms with Crippen molar-refractivity contribution in [1.82, 2.24) is 5.32 Å². The normalized spacial score (nSPS) is 12.2. The standard InChI is InChI=1S/C12H14Br2FNO/c1-8-2-3-9(6-11(8)15)7-16-12(17)10(14)4-5-13/h2-3,6,10H,4-5,7H2,1H3,(H,16,17). The number of hydrogen-bond acceptors (Lipinski definition) is 1. The number of nitrogens with one attached hydrogen (secondary N) is 1. The van der Waals surface area contributed by atoms with Gasteiger partial charge in [-0.1, -0.05) is 44.0 Å². The summed E-state index contributed by atoms with van der Waals surface area (Å²) in [6.45, 7) is 2.06. The summed E-state index contributed by atoms with van der Waals surface area (Å²) in [6.07, 6.45) is 0.716. The molecule has 0 aliphatic heterocycles. The van der Waals surface area contributed by atoms with Gasteiger partial charge in [0.25, 0.3) is 0 Å². The van der Waals surface area contributed by atoms with Crippen LogP contribution in [0.1, 0.15) is 17.5 Å². The van der Waals surface area contributed by atoms with E-state index in [4.69, 9.17) is 0 Å². The third kappa shape index (κ3) is 4.76. The molecule has 0 aliphatic rings. The molecular formula is C12H14Br2FNO. The zero-order valence-electron chi connectivity index (χ0n) is 9.47. The van der Waals surface area contributed by atoms with Crippen molar-refractivity contribution in [2.24, 2.45) is 0 Å². The molecule has 1 amide bonds. The average molecular weight is 367 g/mol. The highest BCUT2D eigenvalue weighted by Gasteiger charge is 2.13. The molecule has 0 saturated heterocycles. The summed E-state index contributed by atoms with van der Waals surface area (Å²) in [5.74, 6) is -0.321. The Morgan fingerprint density at radius 3 is 2.82 bits per heavy atom. The fraction of sp³-hybridized carbons (Fsp3) is 0.417. The summed E-state index contributed by atoms with van der Waals surface area (Å²) >= 11 is 6.56. The average Bonchev–Trinajstić information content (AvgIpc) is 2.30. The molecular weight excluding hydrogens is 353 g/mol. The smallest absolute Gasteiger partial charge is 0.234 e. The van der Waals surface area contributed by atoms with Gasteiger partial charge in [-0.2, -0.15) is 0 Å². The van der Waals surface area contributed by atoms with E-state index in [0.29, 0.717) is 18.5 Å². The highest BCUT2D eigenvalue weighted by atomic mass is 79.9. The molecule has 1 rings (SSSR count). The Labute approximate surface area is 117 Å². The van der Waals surface area contributed by atoms with Gasteiger partial charge in [-0.05, 0) is 30.5 Å². The van der Waals surface area contributed by atoms with Gasteiger partial charge in [0.05, 0.1) is 4.83 Å². The van der Waals surface area contributed by atoms with Crippen LogP contribution >= 0.6 is 31.9 Å². The second-order valence-electron chi connectivity index (χ2n) is 3.75. The van der Waals surface area contributed by atoms with Crippen molar-refractivity contribution in [2.75, 3.05) is 5.33 Å². The Bertz CT molecular complexity index is 398. The Hall–Kier alpha value is -0.420. The lowest BCUT2D eigenvalue weighted by molar-refractivity contribution is -0.120. The molecule has 0 bridgehead atoms. The number of hydrogen-bond donors (Lipinski definition) is 1. The lowest BCUT2D eigenvalue weighted by Crippen LogP contribution is -2.30. The van der Waals surface area contributed by atoms with E-state index in [-0.39, 0.29) is 16.6 Å². The lowest BCUT2D eigenvalue weighted by atomic mass is 10.1. The van der Waals surface area contributed by atoms with Crippen molar-refractivity contribution in [3.05, 3.63) is 35.1 Å². The molecule has 0 saturated carbocycles. The van der Waals surface area contributed by atoms with E-state index in [2.05, 4.69) is 37.2 Å². The zero-order chi connectivity index (χ0) is 12.8. The minimum absolute atomic E-state index is 0.0783. The number of benzene rings is 1. The summed E-state index contributed by atoms with van der Waals surface area (Å²) in [6, 6.07) is 4.97. The Morgan fingerprint density at radius 1 is 1.53 bits per heavy atom. The minimum atomic E-state index is -0.243. The maximum atomic E-state index is 13.3. The molecule has 2 nitrogen and oxygen atoms in total. The molecule has 0 aromatic heterocycles. The SMILES string of the molecule is Cc1ccc(CNC(=O)C(Br)CCBr)cc1F. The van der Waals surface area contributed by atoms with Crippen molar-refractivity contribution in [3.8, 4) is 0 Å². The number of carbonyl (C=O) groups is 1. The molecule has 17 heavy (non-hydrogen) atoms. The second-order valence-corrected chi connectivity index (χ2v) is 5.64. The van der Waals surface area contributed by atoms with Gasteiger partial charge in [0, 0.05) is 11.9 Å². The van der Waals surface area contributed by atoms with Crippen LogP contribution in [0.15, 0.2) is 18.2 Å². The van der Waals surface area contributed by atoms with Crippen molar-refractivity contribution in [3.63, 3.8) is 0 Å². The number of carbonyl (C=O) groups excluding carboxylic acids is 1. The quantitative estimate of drug-likeness (QED) is 0.796. The molecule has 0 spiro atoms. The van der Waals surface area contributed by atoms with E-state index >= 15 is 0 Å². The third-order valence-corrected chi connectivity index (χ3v) is 3.68. The summed E-state index contributed by atoms with van der Waals surface area (Å²) in [5.41, 5.74) is 1.37. The monoisotopic (exact) mass is 365 g/mol. The van der Waals surface area contributed by atoms with E-state index < -0.39 is 0 Å². The molecule has 1 unspecified atom stereocenters. The van der Waals surface area contributed by atoms with Gasteiger partial charge in [0.1, 0.15) is 5.82 Å². The van der Waals surface area contributed by atoms with E-state index in [1.807, 2.05) is 6.07 Å². The second kappa shape index (κ2) is 7.11. The molecule has 1 aromatic carbocycles. The maximum absolute atomic E-state index is 13.3. The first kappa shape index (κ1) is 14.6. The number of amides is 1. The first-order chi connectivity index (χ1) is 8.04. The van der Waals surface area contributed by atoms with E-state index in [0.717, 1.165) is 10.9 Å². The lowest BCUT2D eigenvalue weighted by Gasteiger charge is -2.10. The number of rotatable bonds is 5. The van der Waals surface area contributed by atoms with Crippen LogP contribution in [0.4, 0.5) is 4.39 Å². The van der Waals surface area contributed by atoms with Crippen LogP contribution in [0.25, 0.3) is 0 Å². The highest BCUT2D eigenvalue weighted by molar-refractivity contribution is 9.10. The van der Waals surface area contributed by atoms with E-state index in [1.54, 1.807) is 13.0 Å². The Morgan fingerprint density at radius 2 is 2.24 bits per heavy atom. The Balaban J connectivity index is 2.50. The van der Waals surface area contributed by atoms with Crippen molar-refractivity contribution < 1.29 is 9.18 Å². The fourth-order valence-corrected chi connectivity index (χ4v) is 2.74. The molecule has 0 aliphatic carbocycles. The molecule has 5 heteroatoms. The summed E-state index contributed by atoms with van der Waals surface area (Å²) in [5, 5.41) is 3.52. The van der Waals surface area contributed by atoms with Crippen LogP contribution in [0.5, 0.6) is 0 Å². The molecule has 0 fully saturated rings. The first-order valence-corrected chi connectivity index (χ1v) is 7.31. The molecule has 0 heterocycles. The number of aryl methyl sites for hydroxylation is 1. The van der Waals surface area contributed by atoms with Crippen LogP contribution < -0.4 is 5.32 Å². The topological polar surface area (TPSA) is 29.1 Å². The highest BCUT2D eigenvalue weighted by Crippen LogP contribution is 2.10. The van der Waals surface area contributed by atoms with Crippen molar-refractivity contribution in [1.29, 1.82) is 0 Å². The first-order valence-electron chi connectivity index (χ1n) is 5.27. The fourth-order valence-electron chi connectivity index (χ4n) is 1.27. The molecule has 1 N–H and O–H groups in total. The van der Waals surface area contributed by atoms with E-state index in [1.165, 1.54) is 6.07 Å². The van der Waals surface area contributed by atoms with Crippen LogP contribution in [-0.2, 0) is 11.3 Å². The molecule has 1 aromatic rings. The zero-order valence-corrected chi connectivity index (χ0v) is 12.6. The number of halogens is 3. The van der Waals surface area contributed by atoms with Gasteiger partial charge < -0.3 is 5.32 Å². The summed E-state index contributed by atoms with van der Waals surface area (Å²) < 4.78 is 13.3. The third-order valence-electron chi connectivity index (χ3n) is 2.35. The number of alkyl halides is 2. The summed E-state index contributed by atoms with van der Waals surface area (Å²) in [7, 11) is 0. The van der Waals surface area contributed by atoms with Gasteiger partial charge >= 0.3 is 0 Å². The van der Waals surface area contributed by atoms with Crippen LogP contribution in [0.2, 0.25) is 0 Å². The van der Waals surface area contributed by atoms with Gasteiger partial charge in [-0.15, -0.1) is 0 Å². The van der Waals surface area contributed by atoms with Gasteiger partial charge in [0.15, 0.2) is 0 Å². The minimum Gasteiger partial charge on any atom is -0.351 e. The van der Waals surface area contributed by atoms with Gasteiger partial charge in [0.2, 0.25) is 5.91 Å². The largest absolute Gasteiger partial charge is 0.351 e. The van der Waals surface area contributed by atoms with Crippen molar-refractivity contribution >= 4 is 37.8 Å². The molecule has 94 valence electrons. The van der Waals surface area contributed by atoms with Gasteiger partial charge in [-0.25, -0.2) is 4.39 Å². The van der Waals surface area contributed by atoms with Crippen LogP contribution in [0.3, 0.4) is 0 Å². The summed E-state index contributed by atoms with van der Waals surface area (Å²) in [4.78, 5) is 11.4. The predicted molar refractivity (Wildman–Crippen MR) is 74.1 cm³/mol. The van der Waals surface area contributed by atoms with Crippen LogP contribution in [0, 0.1) is 12.7 Å². The van der Waals surface area contributed by atoms with Crippen LogP contribution in [-0.4, -0.2) is 16.1 Å². The predicted octanol–water partition coefficient (Wildman–Crippen LogP) is 3.30. The van der Waals surface area contributed by atoms with Crippen molar-refractivity contribution in [2.45, 2.75) is 24.7 Å².